The molecule has 0 saturated carbocycles. The van der Waals surface area contributed by atoms with Gasteiger partial charge >= 0.3 is 0 Å². The topological polar surface area (TPSA) is 41.1 Å². The Balaban J connectivity index is 1.90. The first kappa shape index (κ1) is 15.5. The predicted molar refractivity (Wildman–Crippen MR) is 98.7 cm³/mol. The summed E-state index contributed by atoms with van der Waals surface area (Å²) in [4.78, 5) is 11.1. The van der Waals surface area contributed by atoms with Crippen LogP contribution in [0.5, 0.6) is 0 Å². The van der Waals surface area contributed by atoms with Gasteiger partial charge in [0, 0.05) is 34.7 Å². The molecule has 3 aromatic rings. The molecule has 1 heterocycles. The lowest BCUT2D eigenvalue weighted by molar-refractivity contribution is 1.05. The van der Waals surface area contributed by atoms with Crippen LogP contribution in [0.2, 0.25) is 0 Å². The summed E-state index contributed by atoms with van der Waals surface area (Å²) in [6, 6.07) is 20.0. The van der Waals surface area contributed by atoms with Gasteiger partial charge in [0.15, 0.2) is 0 Å². The number of aryl methyl sites for hydroxylation is 1. The summed E-state index contributed by atoms with van der Waals surface area (Å²) in [7, 11) is 2.00. The minimum Gasteiger partial charge on any atom is -0.329 e. The number of hydrogen-bond acceptors (Lipinski definition) is 4. The van der Waals surface area contributed by atoms with Crippen molar-refractivity contribution in [2.75, 3.05) is 17.3 Å². The Hall–Kier alpha value is -2.40. The van der Waals surface area contributed by atoms with Gasteiger partial charge in [0.2, 0.25) is 5.95 Å². The summed E-state index contributed by atoms with van der Waals surface area (Å²) < 4.78 is 1.01. The van der Waals surface area contributed by atoms with Crippen LogP contribution in [0.1, 0.15) is 5.69 Å². The van der Waals surface area contributed by atoms with Crippen LogP contribution in [-0.2, 0) is 0 Å². The minimum atomic E-state index is 0.584. The van der Waals surface area contributed by atoms with Gasteiger partial charge in [-0.3, -0.25) is 0 Å². The van der Waals surface area contributed by atoms with Crippen LogP contribution in [0.4, 0.5) is 23.1 Å². The van der Waals surface area contributed by atoms with E-state index in [1.807, 2.05) is 67.4 Å². The van der Waals surface area contributed by atoms with Crippen molar-refractivity contribution in [1.82, 2.24) is 9.97 Å². The van der Waals surface area contributed by atoms with Crippen molar-refractivity contribution in [3.63, 3.8) is 0 Å². The van der Waals surface area contributed by atoms with Crippen molar-refractivity contribution in [1.29, 1.82) is 0 Å². The highest BCUT2D eigenvalue weighted by atomic mass is 79.9. The molecule has 4 nitrogen and oxygen atoms in total. The fourth-order valence-electron chi connectivity index (χ4n) is 2.26. The van der Waals surface area contributed by atoms with Gasteiger partial charge in [-0.2, -0.15) is 4.98 Å². The molecule has 0 saturated heterocycles. The highest BCUT2D eigenvalue weighted by Crippen LogP contribution is 2.24. The summed E-state index contributed by atoms with van der Waals surface area (Å²) in [6.45, 7) is 1.97. The van der Waals surface area contributed by atoms with E-state index in [-0.39, 0.29) is 0 Å². The largest absolute Gasteiger partial charge is 0.329 e. The summed E-state index contributed by atoms with van der Waals surface area (Å²) >= 11 is 3.47. The van der Waals surface area contributed by atoms with Gasteiger partial charge in [0.25, 0.3) is 0 Å². The Morgan fingerprint density at radius 3 is 2.48 bits per heavy atom. The number of halogens is 1. The third kappa shape index (κ3) is 3.87. The Bertz CT molecular complexity index is 805. The number of benzene rings is 2. The Morgan fingerprint density at radius 2 is 1.74 bits per heavy atom. The van der Waals surface area contributed by atoms with Gasteiger partial charge in [0.1, 0.15) is 5.82 Å². The Morgan fingerprint density at radius 1 is 0.957 bits per heavy atom. The van der Waals surface area contributed by atoms with Gasteiger partial charge in [-0.15, -0.1) is 0 Å². The van der Waals surface area contributed by atoms with E-state index < -0.39 is 0 Å². The van der Waals surface area contributed by atoms with E-state index in [4.69, 9.17) is 0 Å². The molecule has 2 aromatic carbocycles. The molecule has 0 fully saturated rings. The molecule has 23 heavy (non-hydrogen) atoms. The number of anilines is 4. The zero-order valence-corrected chi connectivity index (χ0v) is 14.6. The maximum atomic E-state index is 4.62. The van der Waals surface area contributed by atoms with Gasteiger partial charge in [-0.05, 0) is 37.3 Å². The van der Waals surface area contributed by atoms with Gasteiger partial charge in [-0.1, -0.05) is 40.2 Å². The molecule has 0 aliphatic rings. The van der Waals surface area contributed by atoms with Crippen LogP contribution in [0.3, 0.4) is 0 Å². The fourth-order valence-corrected chi connectivity index (χ4v) is 2.66. The lowest BCUT2D eigenvalue weighted by atomic mass is 10.3. The predicted octanol–water partition coefficient (Wildman–Crippen LogP) is 5.06. The maximum absolute atomic E-state index is 4.62. The second-order valence-electron chi connectivity index (χ2n) is 5.22. The molecule has 0 aliphatic carbocycles. The van der Waals surface area contributed by atoms with Gasteiger partial charge in [0.05, 0.1) is 0 Å². The van der Waals surface area contributed by atoms with Crippen molar-refractivity contribution in [2.45, 2.75) is 6.92 Å². The lowest BCUT2D eigenvalue weighted by Gasteiger charge is -2.19. The number of nitrogens with one attached hydrogen (secondary N) is 1. The minimum absolute atomic E-state index is 0.584. The monoisotopic (exact) mass is 368 g/mol. The summed E-state index contributed by atoms with van der Waals surface area (Å²) in [5, 5.41) is 3.25. The Labute approximate surface area is 144 Å². The molecule has 1 aromatic heterocycles. The average molecular weight is 369 g/mol. The van der Waals surface area contributed by atoms with Crippen molar-refractivity contribution in [3.05, 3.63) is 70.8 Å². The van der Waals surface area contributed by atoms with Crippen LogP contribution >= 0.6 is 15.9 Å². The van der Waals surface area contributed by atoms with Crippen LogP contribution in [0, 0.1) is 6.92 Å². The second kappa shape index (κ2) is 6.79. The smallest absolute Gasteiger partial charge is 0.229 e. The number of rotatable bonds is 4. The Kier molecular flexibility index (Phi) is 4.57. The molecular weight excluding hydrogens is 352 g/mol. The van der Waals surface area contributed by atoms with Crippen molar-refractivity contribution >= 4 is 39.1 Å². The molecule has 0 spiro atoms. The van der Waals surface area contributed by atoms with E-state index in [2.05, 4.69) is 43.3 Å². The molecule has 0 bridgehead atoms. The zero-order chi connectivity index (χ0) is 16.2. The summed E-state index contributed by atoms with van der Waals surface area (Å²) in [5.74, 6) is 1.43. The second-order valence-corrected chi connectivity index (χ2v) is 6.14. The molecule has 0 amide bonds. The zero-order valence-electron chi connectivity index (χ0n) is 13.0. The quantitative estimate of drug-likeness (QED) is 0.698. The van der Waals surface area contributed by atoms with Gasteiger partial charge < -0.3 is 10.2 Å². The molecule has 0 atom stereocenters. The number of nitrogens with zero attached hydrogens (tertiary/aromatic N) is 3. The van der Waals surface area contributed by atoms with Crippen LogP contribution < -0.4 is 10.2 Å². The average Bonchev–Trinajstić information content (AvgIpc) is 2.54. The third-order valence-corrected chi connectivity index (χ3v) is 3.90. The maximum Gasteiger partial charge on any atom is 0.229 e. The third-order valence-electron chi connectivity index (χ3n) is 3.41. The SMILES string of the molecule is Cc1cc(N(C)c2ccccc2)nc(Nc2cccc(Br)c2)n1. The fraction of sp³-hybridized carbons (Fsp3) is 0.111. The lowest BCUT2D eigenvalue weighted by Crippen LogP contribution is -2.13. The van der Waals surface area contributed by atoms with E-state index in [1.165, 1.54) is 0 Å². The molecule has 116 valence electrons. The van der Waals surface area contributed by atoms with Crippen LogP contribution in [-0.4, -0.2) is 17.0 Å². The molecule has 0 unspecified atom stereocenters. The first-order valence-electron chi connectivity index (χ1n) is 7.29. The number of hydrogen-bond donors (Lipinski definition) is 1. The van der Waals surface area contributed by atoms with Crippen LogP contribution in [0.25, 0.3) is 0 Å². The molecule has 0 radical (unpaired) electrons. The summed E-state index contributed by atoms with van der Waals surface area (Å²) in [5.41, 5.74) is 2.94. The van der Waals surface area contributed by atoms with Crippen molar-refractivity contribution in [3.8, 4) is 0 Å². The van der Waals surface area contributed by atoms with E-state index in [0.29, 0.717) is 5.95 Å². The highest BCUT2D eigenvalue weighted by Gasteiger charge is 2.09. The van der Waals surface area contributed by atoms with Gasteiger partial charge in [-0.25, -0.2) is 4.98 Å². The molecule has 3 rings (SSSR count). The molecule has 1 N–H and O–H groups in total. The first-order chi connectivity index (χ1) is 11.1. The number of para-hydroxylation sites is 1. The standard InChI is InChI=1S/C18H17BrN4/c1-13-11-17(23(2)16-9-4-3-5-10-16)22-18(20-13)21-15-8-6-7-14(19)12-15/h3-12H,1-2H3,(H,20,21,22). The van der Waals surface area contributed by atoms with Crippen LogP contribution in [0.15, 0.2) is 65.1 Å². The van der Waals surface area contributed by atoms with Crippen molar-refractivity contribution in [2.24, 2.45) is 0 Å². The molecular formula is C18H17BrN4. The normalized spacial score (nSPS) is 10.4. The van der Waals surface area contributed by atoms with E-state index in [1.54, 1.807) is 0 Å². The molecule has 5 heteroatoms. The van der Waals surface area contributed by atoms with E-state index in [0.717, 1.165) is 27.4 Å². The number of aromatic nitrogens is 2. The first-order valence-corrected chi connectivity index (χ1v) is 8.08. The summed E-state index contributed by atoms with van der Waals surface area (Å²) in [6.07, 6.45) is 0. The highest BCUT2D eigenvalue weighted by molar-refractivity contribution is 9.10. The molecule has 0 aliphatic heterocycles. The van der Waals surface area contributed by atoms with Crippen molar-refractivity contribution < 1.29 is 0 Å². The van der Waals surface area contributed by atoms with E-state index in [9.17, 15) is 0 Å². The van der Waals surface area contributed by atoms with E-state index >= 15 is 0 Å².